The second-order valence-corrected chi connectivity index (χ2v) is 18.4. The molecule has 2 nitrogen and oxygen atoms in total. The summed E-state index contributed by atoms with van der Waals surface area (Å²) in [5, 5.41) is 10.1. The van der Waals surface area contributed by atoms with Crippen LogP contribution < -0.4 is 0 Å². The Hall–Kier alpha value is -8.46. The summed E-state index contributed by atoms with van der Waals surface area (Å²) in [6.07, 6.45) is 0. The summed E-state index contributed by atoms with van der Waals surface area (Å²) in [5.74, 6) is 0. The molecule has 0 fully saturated rings. The quantitative estimate of drug-likeness (QED) is 0.153. The van der Waals surface area contributed by atoms with E-state index in [-0.39, 0.29) is 0 Å². The molecule has 0 amide bonds. The van der Waals surface area contributed by atoms with Gasteiger partial charge in [0.2, 0.25) is 0 Å². The van der Waals surface area contributed by atoms with Crippen molar-refractivity contribution in [1.29, 1.82) is 0 Å². The van der Waals surface area contributed by atoms with Crippen LogP contribution in [0.2, 0.25) is 0 Å². The molecule has 314 valence electrons. The predicted octanol–water partition coefficient (Wildman–Crippen LogP) is 16.6. The third-order valence-electron chi connectivity index (χ3n) is 15.2. The van der Waals surface area contributed by atoms with Crippen LogP contribution in [0.5, 0.6) is 0 Å². The topological polar surface area (TPSA) is 9.86 Å². The van der Waals surface area contributed by atoms with Gasteiger partial charge in [-0.2, -0.15) is 0 Å². The highest BCUT2D eigenvalue weighted by Gasteiger charge is 2.47. The van der Waals surface area contributed by atoms with Crippen LogP contribution in [-0.2, 0) is 19.5 Å². The molecule has 1 aliphatic carbocycles. The van der Waals surface area contributed by atoms with Gasteiger partial charge >= 0.3 is 0 Å². The minimum atomic E-state index is -0.511. The summed E-state index contributed by atoms with van der Waals surface area (Å²) < 4.78 is 4.69. The van der Waals surface area contributed by atoms with E-state index in [1.54, 1.807) is 0 Å². The number of benzene rings is 11. The summed E-state index contributed by atoms with van der Waals surface area (Å²) in [6, 6.07) is 86.5. The maximum absolute atomic E-state index is 2.49. The van der Waals surface area contributed by atoms with Crippen molar-refractivity contribution >= 4 is 65.2 Å². The molecule has 0 radical (unpaired) electrons. The second-order valence-electron chi connectivity index (χ2n) is 18.4. The maximum atomic E-state index is 2.49. The summed E-state index contributed by atoms with van der Waals surface area (Å²) in [4.78, 5) is 0. The van der Waals surface area contributed by atoms with Gasteiger partial charge in [0.25, 0.3) is 0 Å². The van der Waals surface area contributed by atoms with E-state index in [0.29, 0.717) is 0 Å². The molecule has 1 aliphatic rings. The molecule has 0 atom stereocenters. The molecule has 2 heterocycles. The third kappa shape index (κ3) is 5.21. The Balaban J connectivity index is 1.11. The van der Waals surface area contributed by atoms with Crippen LogP contribution in [0.1, 0.15) is 22.3 Å². The fraction of sp³-hybridized carbons (Fsp3) is 0.0462. The molecule has 0 spiro atoms. The Morgan fingerprint density at radius 3 is 1.25 bits per heavy atom. The first-order valence-electron chi connectivity index (χ1n) is 23.4. The van der Waals surface area contributed by atoms with Gasteiger partial charge < -0.3 is 9.13 Å². The molecule has 0 bridgehead atoms. The minimum absolute atomic E-state index is 0.511. The van der Waals surface area contributed by atoms with Crippen LogP contribution in [0.4, 0.5) is 0 Å². The van der Waals surface area contributed by atoms with Crippen LogP contribution in [0.15, 0.2) is 231 Å². The first-order valence-corrected chi connectivity index (χ1v) is 23.4. The Morgan fingerprint density at radius 1 is 0.269 bits per heavy atom. The molecule has 0 N–H and O–H groups in total. The van der Waals surface area contributed by atoms with Gasteiger partial charge in [0.1, 0.15) is 0 Å². The van der Waals surface area contributed by atoms with E-state index in [9.17, 15) is 0 Å². The van der Waals surface area contributed by atoms with Crippen LogP contribution in [-0.4, -0.2) is 9.13 Å². The van der Waals surface area contributed by atoms with Gasteiger partial charge in [-0.05, 0) is 119 Å². The van der Waals surface area contributed by atoms with Crippen LogP contribution >= 0.6 is 0 Å². The lowest BCUT2D eigenvalue weighted by Crippen LogP contribution is -2.28. The van der Waals surface area contributed by atoms with Gasteiger partial charge in [-0.25, -0.2) is 0 Å². The van der Waals surface area contributed by atoms with Crippen molar-refractivity contribution < 1.29 is 0 Å². The number of rotatable bonds is 5. The van der Waals surface area contributed by atoms with E-state index in [1.165, 1.54) is 132 Å². The van der Waals surface area contributed by atoms with Crippen molar-refractivity contribution in [1.82, 2.24) is 9.13 Å². The van der Waals surface area contributed by atoms with Crippen LogP contribution in [0.25, 0.3) is 110 Å². The van der Waals surface area contributed by atoms with Crippen molar-refractivity contribution in [2.75, 3.05) is 0 Å². The average Bonchev–Trinajstić information content (AvgIpc) is 3.98. The Morgan fingerprint density at radius 2 is 0.687 bits per heavy atom. The lowest BCUT2D eigenvalue weighted by Gasteiger charge is -2.34. The molecule has 67 heavy (non-hydrogen) atoms. The zero-order valence-corrected chi connectivity index (χ0v) is 37.3. The van der Waals surface area contributed by atoms with Crippen molar-refractivity contribution in [3.8, 4) is 44.5 Å². The predicted molar refractivity (Wildman–Crippen MR) is 283 cm³/mol. The van der Waals surface area contributed by atoms with Gasteiger partial charge in [0, 0.05) is 57.7 Å². The van der Waals surface area contributed by atoms with Crippen LogP contribution in [0.3, 0.4) is 0 Å². The molecule has 2 aromatic heterocycles. The number of fused-ring (bicyclic) bond motifs is 11. The highest BCUT2D eigenvalue weighted by molar-refractivity contribution is 6.21. The van der Waals surface area contributed by atoms with Gasteiger partial charge in [0.05, 0.1) is 5.41 Å². The first kappa shape index (κ1) is 37.9. The first-order chi connectivity index (χ1) is 33.1. The van der Waals surface area contributed by atoms with E-state index in [1.807, 2.05) is 0 Å². The lowest BCUT2D eigenvalue weighted by atomic mass is 9.67. The van der Waals surface area contributed by atoms with Gasteiger partial charge in [0.15, 0.2) is 0 Å². The van der Waals surface area contributed by atoms with E-state index >= 15 is 0 Å². The zero-order chi connectivity index (χ0) is 44.4. The summed E-state index contributed by atoms with van der Waals surface area (Å²) >= 11 is 0. The SMILES string of the molecule is Cn1c2ccccc2c2ccc(-c3cccc4c(-c5cccc6c5-c5ccccc5C6(c5ccccc5)c5ccccc5)c5cccc(-c6ccc7c8ccccc8n(C)c7c6)c5cc34)cc21. The smallest absolute Gasteiger partial charge is 0.0713 e. The number of aryl methyl sites for hydroxylation is 2. The molecular formula is C65H44N2. The molecule has 0 saturated carbocycles. The minimum Gasteiger partial charge on any atom is -0.344 e. The van der Waals surface area contributed by atoms with Crippen molar-refractivity contribution in [3.63, 3.8) is 0 Å². The molecule has 11 aromatic carbocycles. The van der Waals surface area contributed by atoms with E-state index in [2.05, 4.69) is 254 Å². The van der Waals surface area contributed by atoms with E-state index in [4.69, 9.17) is 0 Å². The number of hydrogen-bond acceptors (Lipinski definition) is 0. The number of aromatic nitrogens is 2. The molecule has 14 rings (SSSR count). The van der Waals surface area contributed by atoms with Crippen molar-refractivity contribution in [3.05, 3.63) is 253 Å². The van der Waals surface area contributed by atoms with E-state index in [0.717, 1.165) is 0 Å². The van der Waals surface area contributed by atoms with E-state index < -0.39 is 5.41 Å². The number of para-hydroxylation sites is 2. The van der Waals surface area contributed by atoms with Gasteiger partial charge in [-0.15, -0.1) is 0 Å². The fourth-order valence-corrected chi connectivity index (χ4v) is 12.3. The van der Waals surface area contributed by atoms with Gasteiger partial charge in [-0.3, -0.25) is 0 Å². The molecule has 13 aromatic rings. The Kier molecular flexibility index (Phi) is 8.06. The second kappa shape index (κ2) is 14.3. The average molecular weight is 853 g/mol. The highest BCUT2D eigenvalue weighted by Crippen LogP contribution is 2.59. The molecule has 0 unspecified atom stereocenters. The van der Waals surface area contributed by atoms with Crippen molar-refractivity contribution in [2.45, 2.75) is 5.41 Å². The Labute approximate surface area is 389 Å². The number of hydrogen-bond donors (Lipinski definition) is 0. The van der Waals surface area contributed by atoms with Crippen LogP contribution in [0, 0.1) is 0 Å². The number of nitrogens with zero attached hydrogens (tertiary/aromatic N) is 2. The fourth-order valence-electron chi connectivity index (χ4n) is 12.3. The molecular weight excluding hydrogens is 809 g/mol. The lowest BCUT2D eigenvalue weighted by molar-refractivity contribution is 0.768. The van der Waals surface area contributed by atoms with Crippen molar-refractivity contribution in [2.24, 2.45) is 14.1 Å². The maximum Gasteiger partial charge on any atom is 0.0713 e. The third-order valence-corrected chi connectivity index (χ3v) is 15.2. The molecule has 2 heteroatoms. The largest absolute Gasteiger partial charge is 0.344 e. The molecule has 0 aliphatic heterocycles. The summed E-state index contributed by atoms with van der Waals surface area (Å²) in [5.41, 5.74) is 19.5. The summed E-state index contributed by atoms with van der Waals surface area (Å²) in [7, 11) is 4.39. The normalized spacial score (nSPS) is 13.0. The Bertz CT molecular complexity index is 3950. The monoisotopic (exact) mass is 852 g/mol. The standard InChI is InChI=1S/C65H44N2/c1-66-59-32-13-10-22-47(59)49-36-34-41(38-61(49)66)45-25-15-27-51-55(45)40-56-46(42-35-37-50-48-23-11-14-33-60(48)67(2)62(50)39-42)26-16-28-52(56)63(51)54-29-17-31-58-64(54)53-24-9-12-30-57(53)65(58,43-18-5-3-6-19-43)44-20-7-4-8-21-44/h3-40H,1-2H3. The zero-order valence-electron chi connectivity index (χ0n) is 37.3. The molecule has 0 saturated heterocycles. The highest BCUT2D eigenvalue weighted by atomic mass is 14.9. The van der Waals surface area contributed by atoms with Gasteiger partial charge in [-0.1, -0.05) is 200 Å². The summed E-state index contributed by atoms with van der Waals surface area (Å²) in [6.45, 7) is 0.